The van der Waals surface area contributed by atoms with Crippen LogP contribution in [0.5, 0.6) is 5.75 Å². The highest BCUT2D eigenvalue weighted by atomic mass is 35.5. The van der Waals surface area contributed by atoms with Crippen LogP contribution in [0.4, 0.5) is 0 Å². The molecule has 1 atom stereocenters. The third-order valence-corrected chi connectivity index (χ3v) is 7.69. The molecule has 10 heteroatoms. The number of rotatable bonds is 6. The van der Waals surface area contributed by atoms with E-state index < -0.39 is 6.10 Å². The van der Waals surface area contributed by atoms with Crippen LogP contribution in [0.2, 0.25) is 10.0 Å². The summed E-state index contributed by atoms with van der Waals surface area (Å²) in [5.74, 6) is -0.223. The lowest BCUT2D eigenvalue weighted by molar-refractivity contribution is -0.142. The predicted octanol–water partition coefficient (Wildman–Crippen LogP) is 3.64. The molecule has 0 radical (unpaired) electrons. The Balaban J connectivity index is 1.51. The quantitative estimate of drug-likeness (QED) is 0.587. The number of benzene rings is 1. The number of aliphatic hydroxyl groups excluding tert-OH is 1. The first-order valence-electron chi connectivity index (χ1n) is 12.2. The second kappa shape index (κ2) is 10.8. The van der Waals surface area contributed by atoms with Gasteiger partial charge in [0, 0.05) is 54.8 Å². The molecule has 2 amide bonds. The largest absolute Gasteiger partial charge is 0.489 e. The Bertz CT molecular complexity index is 1240. The van der Waals surface area contributed by atoms with Gasteiger partial charge in [-0.25, -0.2) is 0 Å². The van der Waals surface area contributed by atoms with Gasteiger partial charge in [0.25, 0.3) is 17.4 Å². The first-order valence-corrected chi connectivity index (χ1v) is 13.0. The fourth-order valence-electron chi connectivity index (χ4n) is 4.88. The standard InChI is InChI=1S/C26H31Cl2N3O5/c1-4-20(32)25(34)30-8-5-16(6-9-30)36-21-12-19(27)17-7-10-31(26(35)22(17)23(21)28)13-18-14(2)11-15(3)29-24(18)33/h11-12,16,20,32H,4-10,13H2,1-3H3,(H,29,33). The summed E-state index contributed by atoms with van der Waals surface area (Å²) in [4.78, 5) is 44.3. The first-order chi connectivity index (χ1) is 17.1. The smallest absolute Gasteiger partial charge is 0.256 e. The van der Waals surface area contributed by atoms with Crippen LogP contribution in [0.25, 0.3) is 0 Å². The minimum Gasteiger partial charge on any atom is -0.489 e. The normalized spacial score (nSPS) is 17.2. The van der Waals surface area contributed by atoms with Crippen molar-refractivity contribution in [1.29, 1.82) is 0 Å². The van der Waals surface area contributed by atoms with Crippen molar-refractivity contribution < 1.29 is 19.4 Å². The molecule has 1 aromatic heterocycles. The second-order valence-electron chi connectivity index (χ2n) is 9.51. The number of H-pyrrole nitrogens is 1. The van der Waals surface area contributed by atoms with E-state index >= 15 is 0 Å². The molecule has 1 aromatic carbocycles. The minimum absolute atomic E-state index is 0.175. The number of ether oxygens (including phenoxy) is 1. The maximum absolute atomic E-state index is 13.5. The number of hydrogen-bond donors (Lipinski definition) is 2. The van der Waals surface area contributed by atoms with Crippen molar-refractivity contribution >= 4 is 35.0 Å². The highest BCUT2D eigenvalue weighted by Gasteiger charge is 2.33. The highest BCUT2D eigenvalue weighted by Crippen LogP contribution is 2.40. The average molecular weight is 536 g/mol. The molecule has 2 N–H and O–H groups in total. The number of aromatic nitrogens is 1. The van der Waals surface area contributed by atoms with E-state index in [0.29, 0.717) is 72.8 Å². The molecule has 0 bridgehead atoms. The van der Waals surface area contributed by atoms with E-state index in [1.165, 1.54) is 0 Å². The Morgan fingerprint density at radius 2 is 1.89 bits per heavy atom. The zero-order valence-corrected chi connectivity index (χ0v) is 22.2. The number of fused-ring (bicyclic) bond motifs is 1. The number of likely N-dealkylation sites (tertiary alicyclic amines) is 1. The van der Waals surface area contributed by atoms with Gasteiger partial charge in [0.1, 0.15) is 18.0 Å². The number of carbonyl (C=O) groups excluding carboxylic acids is 2. The molecule has 2 aromatic rings. The molecule has 0 saturated carbocycles. The van der Waals surface area contributed by atoms with Crippen molar-refractivity contribution in [2.75, 3.05) is 19.6 Å². The highest BCUT2D eigenvalue weighted by molar-refractivity contribution is 6.38. The summed E-state index contributed by atoms with van der Waals surface area (Å²) in [6, 6.07) is 3.54. The van der Waals surface area contributed by atoms with Gasteiger partial charge in [0.2, 0.25) is 0 Å². The van der Waals surface area contributed by atoms with Gasteiger partial charge >= 0.3 is 0 Å². The number of pyridine rings is 1. The monoisotopic (exact) mass is 535 g/mol. The van der Waals surface area contributed by atoms with Gasteiger partial charge in [-0.05, 0) is 43.9 Å². The number of aromatic amines is 1. The van der Waals surface area contributed by atoms with E-state index in [4.69, 9.17) is 27.9 Å². The van der Waals surface area contributed by atoms with Crippen molar-refractivity contribution in [3.63, 3.8) is 0 Å². The van der Waals surface area contributed by atoms with Crippen molar-refractivity contribution in [3.05, 3.63) is 60.5 Å². The van der Waals surface area contributed by atoms with E-state index in [9.17, 15) is 19.5 Å². The molecule has 3 heterocycles. The molecule has 194 valence electrons. The molecule has 36 heavy (non-hydrogen) atoms. The topological polar surface area (TPSA) is 103 Å². The maximum atomic E-state index is 13.5. The summed E-state index contributed by atoms with van der Waals surface area (Å²) in [5.41, 5.74) is 2.92. The van der Waals surface area contributed by atoms with Crippen LogP contribution in [0.1, 0.15) is 58.9 Å². The van der Waals surface area contributed by atoms with Crippen LogP contribution in [-0.4, -0.2) is 63.5 Å². The number of aliphatic hydroxyl groups is 1. The van der Waals surface area contributed by atoms with Crippen molar-refractivity contribution in [2.24, 2.45) is 0 Å². The average Bonchev–Trinajstić information content (AvgIpc) is 2.84. The summed E-state index contributed by atoms with van der Waals surface area (Å²) >= 11 is 13.3. The molecule has 1 fully saturated rings. The van der Waals surface area contributed by atoms with Crippen molar-refractivity contribution in [2.45, 2.75) is 65.2 Å². The second-order valence-corrected chi connectivity index (χ2v) is 10.3. The molecule has 1 saturated heterocycles. The fraction of sp³-hybridized carbons (Fsp3) is 0.500. The van der Waals surface area contributed by atoms with Gasteiger partial charge in [-0.1, -0.05) is 30.1 Å². The van der Waals surface area contributed by atoms with Crippen LogP contribution >= 0.6 is 23.2 Å². The number of nitrogens with one attached hydrogen (secondary N) is 1. The Morgan fingerprint density at radius 1 is 1.19 bits per heavy atom. The van der Waals surface area contributed by atoms with E-state index in [1.807, 2.05) is 19.9 Å². The Hall–Kier alpha value is -2.55. The molecule has 2 aliphatic rings. The van der Waals surface area contributed by atoms with Crippen LogP contribution in [0.3, 0.4) is 0 Å². The first kappa shape index (κ1) is 26.5. The Kier molecular flexibility index (Phi) is 7.97. The molecular formula is C26H31Cl2N3O5. The van der Waals surface area contributed by atoms with Crippen LogP contribution in [0.15, 0.2) is 16.9 Å². The summed E-state index contributed by atoms with van der Waals surface area (Å²) < 4.78 is 6.16. The van der Waals surface area contributed by atoms with E-state index in [0.717, 1.165) is 11.3 Å². The zero-order valence-electron chi connectivity index (χ0n) is 20.7. The molecule has 0 spiro atoms. The molecule has 0 aliphatic carbocycles. The number of halogens is 2. The lowest BCUT2D eigenvalue weighted by Gasteiger charge is -2.34. The van der Waals surface area contributed by atoms with E-state index in [-0.39, 0.29) is 35.0 Å². The van der Waals surface area contributed by atoms with Gasteiger partial charge in [0.15, 0.2) is 0 Å². The summed E-state index contributed by atoms with van der Waals surface area (Å²) in [6.07, 6.45) is 0.850. The summed E-state index contributed by atoms with van der Waals surface area (Å²) in [6.45, 7) is 6.97. The molecule has 8 nitrogen and oxygen atoms in total. The van der Waals surface area contributed by atoms with Gasteiger partial charge in [-0.2, -0.15) is 0 Å². The Morgan fingerprint density at radius 3 is 2.53 bits per heavy atom. The molecule has 4 rings (SSSR count). The van der Waals surface area contributed by atoms with Gasteiger partial charge in [-0.3, -0.25) is 14.4 Å². The number of nitrogens with zero attached hydrogens (tertiary/aromatic N) is 2. The third-order valence-electron chi connectivity index (χ3n) is 6.98. The zero-order chi connectivity index (χ0) is 26.1. The van der Waals surface area contributed by atoms with E-state index in [1.54, 1.807) is 22.8 Å². The SMILES string of the molecule is CCC(O)C(=O)N1CCC(Oc2cc(Cl)c3c(c2Cl)C(=O)N(Cc2c(C)cc(C)[nH]c2=O)CC3)CC1. The van der Waals surface area contributed by atoms with Gasteiger partial charge in [-0.15, -0.1) is 0 Å². The van der Waals surface area contributed by atoms with Crippen LogP contribution in [-0.2, 0) is 17.8 Å². The van der Waals surface area contributed by atoms with Gasteiger partial charge in [0.05, 0.1) is 17.1 Å². The lowest BCUT2D eigenvalue weighted by Crippen LogP contribution is -2.46. The fourth-order valence-corrected chi connectivity index (χ4v) is 5.46. The minimum atomic E-state index is -0.982. The number of piperidine rings is 1. The third kappa shape index (κ3) is 5.26. The van der Waals surface area contributed by atoms with E-state index in [2.05, 4.69) is 4.98 Å². The van der Waals surface area contributed by atoms with Crippen LogP contribution < -0.4 is 10.3 Å². The predicted molar refractivity (Wildman–Crippen MR) is 138 cm³/mol. The number of carbonyl (C=O) groups is 2. The molecule has 1 unspecified atom stereocenters. The van der Waals surface area contributed by atoms with Gasteiger partial charge < -0.3 is 24.6 Å². The lowest BCUT2D eigenvalue weighted by atomic mass is 9.97. The summed E-state index contributed by atoms with van der Waals surface area (Å²) in [7, 11) is 0. The van der Waals surface area contributed by atoms with Crippen molar-refractivity contribution in [3.8, 4) is 5.75 Å². The molecular weight excluding hydrogens is 505 g/mol. The maximum Gasteiger partial charge on any atom is 0.256 e. The number of aryl methyl sites for hydroxylation is 2. The Labute approximate surface area is 220 Å². The van der Waals surface area contributed by atoms with Crippen LogP contribution in [0, 0.1) is 13.8 Å². The molecule has 2 aliphatic heterocycles. The summed E-state index contributed by atoms with van der Waals surface area (Å²) in [5, 5.41) is 10.5. The van der Waals surface area contributed by atoms with Crippen molar-refractivity contribution in [1.82, 2.24) is 14.8 Å². The number of amides is 2. The number of hydrogen-bond acceptors (Lipinski definition) is 5.